The molecular formula is C29H40N2O4S. The summed E-state index contributed by atoms with van der Waals surface area (Å²) in [5.41, 5.74) is 1.03. The normalized spacial score (nSPS) is 12.6. The Balaban J connectivity index is 1.64. The fraction of sp³-hybridized carbons (Fsp3) is 0.483. The van der Waals surface area contributed by atoms with Crippen molar-refractivity contribution in [2.45, 2.75) is 89.7 Å². The molecule has 0 aliphatic rings. The molecular weight excluding hydrogens is 472 g/mol. The van der Waals surface area contributed by atoms with Gasteiger partial charge < -0.3 is 9.47 Å². The lowest BCUT2D eigenvalue weighted by Crippen LogP contribution is -2.28. The highest BCUT2D eigenvalue weighted by Gasteiger charge is 2.22. The summed E-state index contributed by atoms with van der Waals surface area (Å²) < 4.78 is 41.1. The van der Waals surface area contributed by atoms with Crippen LogP contribution in [0.3, 0.4) is 0 Å². The molecule has 0 atom stereocenters. The molecule has 0 aliphatic carbocycles. The van der Waals surface area contributed by atoms with E-state index in [1.54, 1.807) is 24.4 Å². The molecule has 0 spiro atoms. The summed E-state index contributed by atoms with van der Waals surface area (Å²) in [4.78, 5) is 4.48. The second-order valence-corrected chi connectivity index (χ2v) is 12.1. The number of benzene rings is 2. The maximum atomic E-state index is 12.9. The monoisotopic (exact) mass is 512 g/mol. The predicted octanol–water partition coefficient (Wildman–Crippen LogP) is 6.67. The molecule has 0 aliphatic heterocycles. The van der Waals surface area contributed by atoms with Crippen molar-refractivity contribution in [3.8, 4) is 11.5 Å². The molecule has 1 heterocycles. The number of ether oxygens (including phenoxy) is 2. The zero-order chi connectivity index (χ0) is 26.4. The number of pyridine rings is 1. The van der Waals surface area contributed by atoms with E-state index in [0.717, 1.165) is 48.1 Å². The minimum atomic E-state index is -3.65. The van der Waals surface area contributed by atoms with Crippen LogP contribution in [0.25, 0.3) is 10.9 Å². The molecule has 0 radical (unpaired) electrons. The summed E-state index contributed by atoms with van der Waals surface area (Å²) in [5.74, 6) is 1.62. The van der Waals surface area contributed by atoms with E-state index in [2.05, 4.69) is 57.3 Å². The molecule has 0 saturated heterocycles. The first kappa shape index (κ1) is 27.9. The van der Waals surface area contributed by atoms with Crippen molar-refractivity contribution in [1.82, 2.24) is 9.71 Å². The Bertz CT molecular complexity index is 1260. The van der Waals surface area contributed by atoms with Crippen LogP contribution in [0.4, 0.5) is 0 Å². The molecule has 6 nitrogen and oxygen atoms in total. The van der Waals surface area contributed by atoms with Gasteiger partial charge in [-0.15, -0.1) is 0 Å². The van der Waals surface area contributed by atoms with Crippen LogP contribution in [0.1, 0.15) is 72.8 Å². The summed E-state index contributed by atoms with van der Waals surface area (Å²) in [7, 11) is -3.65. The average Bonchev–Trinajstić information content (AvgIpc) is 2.84. The summed E-state index contributed by atoms with van der Waals surface area (Å²) >= 11 is 0. The maximum absolute atomic E-state index is 12.9. The zero-order valence-corrected chi connectivity index (χ0v) is 23.2. The molecule has 36 heavy (non-hydrogen) atoms. The minimum absolute atomic E-state index is 0.212. The molecule has 3 aromatic rings. The predicted molar refractivity (Wildman–Crippen MR) is 146 cm³/mol. The van der Waals surface area contributed by atoms with Crippen molar-refractivity contribution >= 4 is 20.9 Å². The molecule has 0 saturated carbocycles. The highest BCUT2D eigenvalue weighted by molar-refractivity contribution is 7.89. The molecule has 0 bridgehead atoms. The van der Waals surface area contributed by atoms with Crippen LogP contribution >= 0.6 is 0 Å². The van der Waals surface area contributed by atoms with E-state index >= 15 is 0 Å². The smallest absolute Gasteiger partial charge is 0.242 e. The lowest BCUT2D eigenvalue weighted by Gasteiger charge is -2.29. The van der Waals surface area contributed by atoms with E-state index in [0.29, 0.717) is 18.5 Å². The summed E-state index contributed by atoms with van der Waals surface area (Å²) in [6.45, 7) is 12.9. The number of para-hydroxylation sites is 1. The Labute approximate surface area is 216 Å². The SMILES string of the molecule is CCC(C)(C)Oc1ccc(CCCCNS(=O)(=O)c2cccc3cccnc23)c(OC(C)(C)CC)c1. The Hall–Kier alpha value is -2.64. The minimum Gasteiger partial charge on any atom is -0.488 e. The van der Waals surface area contributed by atoms with Crippen molar-refractivity contribution in [2.75, 3.05) is 6.54 Å². The molecule has 3 rings (SSSR count). The Kier molecular flexibility index (Phi) is 9.01. The number of nitrogens with one attached hydrogen (secondary N) is 1. The third kappa shape index (κ3) is 7.43. The van der Waals surface area contributed by atoms with Crippen molar-refractivity contribution in [3.05, 3.63) is 60.3 Å². The molecule has 196 valence electrons. The Morgan fingerprint density at radius 2 is 1.58 bits per heavy atom. The number of fused-ring (bicyclic) bond motifs is 1. The zero-order valence-electron chi connectivity index (χ0n) is 22.4. The van der Waals surface area contributed by atoms with Crippen molar-refractivity contribution in [3.63, 3.8) is 0 Å². The first-order chi connectivity index (χ1) is 17.0. The molecule has 1 N–H and O–H groups in total. The highest BCUT2D eigenvalue weighted by Crippen LogP contribution is 2.32. The van der Waals surface area contributed by atoms with E-state index in [9.17, 15) is 8.42 Å². The topological polar surface area (TPSA) is 77.5 Å². The number of rotatable bonds is 13. The van der Waals surface area contributed by atoms with Gasteiger partial charge in [0.05, 0.1) is 5.52 Å². The first-order valence-electron chi connectivity index (χ1n) is 12.8. The highest BCUT2D eigenvalue weighted by atomic mass is 32.2. The summed E-state index contributed by atoms with van der Waals surface area (Å²) in [5, 5.41) is 0.803. The quantitative estimate of drug-likeness (QED) is 0.259. The van der Waals surface area contributed by atoms with Gasteiger partial charge in [-0.1, -0.05) is 38.1 Å². The fourth-order valence-electron chi connectivity index (χ4n) is 3.68. The maximum Gasteiger partial charge on any atom is 0.242 e. The number of aryl methyl sites for hydroxylation is 1. The van der Waals surface area contributed by atoms with Gasteiger partial charge in [0, 0.05) is 24.2 Å². The molecule has 0 unspecified atom stereocenters. The van der Waals surface area contributed by atoms with Gasteiger partial charge in [-0.05, 0) is 83.6 Å². The van der Waals surface area contributed by atoms with Crippen LogP contribution in [0.5, 0.6) is 11.5 Å². The van der Waals surface area contributed by atoms with Crippen molar-refractivity contribution in [2.24, 2.45) is 0 Å². The van der Waals surface area contributed by atoms with Crippen LogP contribution in [-0.4, -0.2) is 31.1 Å². The van der Waals surface area contributed by atoms with E-state index in [-0.39, 0.29) is 16.1 Å². The van der Waals surface area contributed by atoms with Crippen LogP contribution in [0.2, 0.25) is 0 Å². The standard InChI is InChI=1S/C29H40N2O4S/c1-7-28(3,4)34-24-18-17-22(25(21-24)35-29(5,6)8-2)13-9-10-20-31-36(32,33)26-16-11-14-23-15-12-19-30-27(23)26/h11-12,14-19,21,31H,7-10,13,20H2,1-6H3. The van der Waals surface area contributed by atoms with Crippen molar-refractivity contribution in [1.29, 1.82) is 0 Å². The van der Waals surface area contributed by atoms with Gasteiger partial charge in [0.25, 0.3) is 0 Å². The second kappa shape index (κ2) is 11.6. The fourth-order valence-corrected chi connectivity index (χ4v) is 4.93. The average molecular weight is 513 g/mol. The van der Waals surface area contributed by atoms with E-state index < -0.39 is 10.0 Å². The molecule has 7 heteroatoms. The number of unbranched alkanes of at least 4 members (excludes halogenated alkanes) is 1. The molecule has 1 aromatic heterocycles. The lowest BCUT2D eigenvalue weighted by atomic mass is 10.0. The van der Waals surface area contributed by atoms with Gasteiger partial charge in [-0.3, -0.25) is 4.98 Å². The third-order valence-electron chi connectivity index (χ3n) is 6.57. The Morgan fingerprint density at radius 3 is 2.31 bits per heavy atom. The van der Waals surface area contributed by atoms with Crippen LogP contribution in [-0.2, 0) is 16.4 Å². The largest absolute Gasteiger partial charge is 0.488 e. The summed E-state index contributed by atoms with van der Waals surface area (Å²) in [6.07, 6.45) is 5.69. The van der Waals surface area contributed by atoms with Crippen LogP contribution < -0.4 is 14.2 Å². The number of hydrogen-bond acceptors (Lipinski definition) is 5. The van der Waals surface area contributed by atoms with Gasteiger partial charge in [0.1, 0.15) is 27.6 Å². The Morgan fingerprint density at radius 1 is 0.889 bits per heavy atom. The number of aromatic nitrogens is 1. The van der Waals surface area contributed by atoms with Crippen molar-refractivity contribution < 1.29 is 17.9 Å². The van der Waals surface area contributed by atoms with Gasteiger partial charge in [0.15, 0.2) is 0 Å². The number of nitrogens with zero attached hydrogens (tertiary/aromatic N) is 1. The second-order valence-electron chi connectivity index (χ2n) is 10.4. The molecule has 2 aromatic carbocycles. The molecule has 0 fully saturated rings. The summed E-state index contributed by atoms with van der Waals surface area (Å²) in [6, 6.07) is 14.9. The van der Waals surface area contributed by atoms with E-state index in [1.807, 2.05) is 24.3 Å². The van der Waals surface area contributed by atoms with Crippen LogP contribution in [0, 0.1) is 0 Å². The van der Waals surface area contributed by atoms with Gasteiger partial charge in [-0.2, -0.15) is 0 Å². The lowest BCUT2D eigenvalue weighted by molar-refractivity contribution is 0.0952. The van der Waals surface area contributed by atoms with Gasteiger partial charge in [0.2, 0.25) is 10.0 Å². The van der Waals surface area contributed by atoms with Gasteiger partial charge >= 0.3 is 0 Å². The number of hydrogen-bond donors (Lipinski definition) is 1. The van der Waals surface area contributed by atoms with E-state index in [4.69, 9.17) is 9.47 Å². The molecule has 0 amide bonds. The van der Waals surface area contributed by atoms with Crippen LogP contribution in [0.15, 0.2) is 59.6 Å². The van der Waals surface area contributed by atoms with Gasteiger partial charge in [-0.25, -0.2) is 13.1 Å². The van der Waals surface area contributed by atoms with E-state index in [1.165, 1.54) is 0 Å². The first-order valence-corrected chi connectivity index (χ1v) is 14.3. The third-order valence-corrected chi connectivity index (χ3v) is 8.06. The number of sulfonamides is 1.